The van der Waals surface area contributed by atoms with Gasteiger partial charge in [0.05, 0.1) is 11.9 Å². The Labute approximate surface area is 170 Å². The van der Waals surface area contributed by atoms with Gasteiger partial charge in [0.2, 0.25) is 15.9 Å². The van der Waals surface area contributed by atoms with Crippen LogP contribution in [0.4, 0.5) is 5.82 Å². The van der Waals surface area contributed by atoms with E-state index in [1.54, 1.807) is 4.68 Å². The fraction of sp³-hybridized carbons (Fsp3) is 0.556. The van der Waals surface area contributed by atoms with Gasteiger partial charge in [-0.2, -0.15) is 5.10 Å². The first-order valence-electron chi connectivity index (χ1n) is 9.58. The molecule has 3 heterocycles. The molecule has 0 saturated carbocycles. The minimum Gasteiger partial charge on any atom is -0.367 e. The minimum absolute atomic E-state index is 0.0362. The average Bonchev–Trinajstić information content (AvgIpc) is 3.03. The molecule has 2 aromatic rings. The molecular formula is C18H27N7O3S. The zero-order valence-corrected chi connectivity index (χ0v) is 17.7. The van der Waals surface area contributed by atoms with Crippen LogP contribution >= 0.6 is 0 Å². The maximum Gasteiger partial charge on any atom is 0.223 e. The van der Waals surface area contributed by atoms with Crippen molar-refractivity contribution in [2.45, 2.75) is 26.7 Å². The molecule has 1 amide bonds. The van der Waals surface area contributed by atoms with Crippen LogP contribution in [-0.2, 0) is 14.8 Å². The molecule has 158 valence electrons. The van der Waals surface area contributed by atoms with Gasteiger partial charge in [-0.3, -0.25) is 4.79 Å². The van der Waals surface area contributed by atoms with Crippen LogP contribution in [0.1, 0.15) is 24.2 Å². The van der Waals surface area contributed by atoms with Crippen LogP contribution < -0.4 is 10.6 Å². The van der Waals surface area contributed by atoms with E-state index < -0.39 is 10.0 Å². The number of carbonyl (C=O) groups is 1. The second-order valence-electron chi connectivity index (χ2n) is 7.27. The summed E-state index contributed by atoms with van der Waals surface area (Å²) < 4.78 is 26.2. The lowest BCUT2D eigenvalue weighted by molar-refractivity contribution is -0.126. The number of amides is 1. The minimum atomic E-state index is -3.18. The van der Waals surface area contributed by atoms with Gasteiger partial charge in [0.25, 0.3) is 0 Å². The number of rotatable bonds is 7. The number of sulfonamides is 1. The van der Waals surface area contributed by atoms with Crippen LogP contribution in [-0.4, -0.2) is 71.0 Å². The number of nitrogens with one attached hydrogen (secondary N) is 2. The summed E-state index contributed by atoms with van der Waals surface area (Å²) in [6.45, 7) is 5.64. The quantitative estimate of drug-likeness (QED) is 0.624. The van der Waals surface area contributed by atoms with Gasteiger partial charge in [0.1, 0.15) is 5.82 Å². The first-order valence-corrected chi connectivity index (χ1v) is 11.4. The average molecular weight is 422 g/mol. The smallest absolute Gasteiger partial charge is 0.223 e. The number of piperidine rings is 1. The van der Waals surface area contributed by atoms with Gasteiger partial charge in [-0.1, -0.05) is 0 Å². The molecule has 0 unspecified atom stereocenters. The van der Waals surface area contributed by atoms with Crippen molar-refractivity contribution in [2.75, 3.05) is 37.8 Å². The topological polar surface area (TPSA) is 122 Å². The Kier molecular flexibility index (Phi) is 6.48. The first-order chi connectivity index (χ1) is 13.7. The standard InChI is InChI=1S/C18H27N7O3S/c1-13-12-14(2)25(23-13)17-5-4-16(21-22-17)19-8-9-20-18(26)15-6-10-24(11-7-15)29(3,27)28/h4-5,12,15H,6-11H2,1-3H3,(H,19,21)(H,20,26). The van der Waals surface area contributed by atoms with Crippen molar-refractivity contribution in [1.29, 1.82) is 0 Å². The van der Waals surface area contributed by atoms with E-state index in [1.165, 1.54) is 10.6 Å². The van der Waals surface area contributed by atoms with Gasteiger partial charge in [-0.25, -0.2) is 17.4 Å². The van der Waals surface area contributed by atoms with E-state index in [0.29, 0.717) is 50.7 Å². The fourth-order valence-corrected chi connectivity index (χ4v) is 4.24. The summed E-state index contributed by atoms with van der Waals surface area (Å²) >= 11 is 0. The Bertz CT molecular complexity index is 948. The Hall–Kier alpha value is -2.53. The lowest BCUT2D eigenvalue weighted by Crippen LogP contribution is -2.43. The molecule has 29 heavy (non-hydrogen) atoms. The molecule has 0 spiro atoms. The van der Waals surface area contributed by atoms with E-state index in [2.05, 4.69) is 25.9 Å². The van der Waals surface area contributed by atoms with Gasteiger partial charge in [0, 0.05) is 37.8 Å². The van der Waals surface area contributed by atoms with Crippen LogP contribution in [0.25, 0.3) is 5.82 Å². The number of aryl methyl sites for hydroxylation is 2. The SMILES string of the molecule is Cc1cc(C)n(-c2ccc(NCCNC(=O)C3CCN(S(C)(=O)=O)CC3)nn2)n1. The summed E-state index contributed by atoms with van der Waals surface area (Å²) in [5.74, 6) is 1.08. The van der Waals surface area contributed by atoms with Crippen LogP contribution in [0.3, 0.4) is 0 Å². The normalized spacial score (nSPS) is 16.0. The van der Waals surface area contributed by atoms with Crippen LogP contribution in [0.2, 0.25) is 0 Å². The summed E-state index contributed by atoms with van der Waals surface area (Å²) in [6.07, 6.45) is 2.29. The van der Waals surface area contributed by atoms with Gasteiger partial charge in [-0.05, 0) is 44.9 Å². The monoisotopic (exact) mass is 421 g/mol. The highest BCUT2D eigenvalue weighted by Crippen LogP contribution is 2.19. The molecule has 1 aliphatic heterocycles. The molecule has 0 atom stereocenters. The Balaban J connectivity index is 1.40. The van der Waals surface area contributed by atoms with Gasteiger partial charge >= 0.3 is 0 Å². The summed E-state index contributed by atoms with van der Waals surface area (Å²) in [5, 5.41) is 18.7. The molecule has 1 saturated heterocycles. The first kappa shape index (κ1) is 21.2. The third-order valence-electron chi connectivity index (χ3n) is 4.90. The molecule has 0 aliphatic carbocycles. The number of anilines is 1. The van der Waals surface area contributed by atoms with E-state index in [-0.39, 0.29) is 11.8 Å². The van der Waals surface area contributed by atoms with Crippen molar-refractivity contribution in [1.82, 2.24) is 29.6 Å². The van der Waals surface area contributed by atoms with Crippen LogP contribution in [0.5, 0.6) is 0 Å². The highest BCUT2D eigenvalue weighted by Gasteiger charge is 2.28. The van der Waals surface area contributed by atoms with Crippen molar-refractivity contribution < 1.29 is 13.2 Å². The van der Waals surface area contributed by atoms with E-state index in [9.17, 15) is 13.2 Å². The van der Waals surface area contributed by atoms with Crippen molar-refractivity contribution in [3.63, 3.8) is 0 Å². The molecule has 0 aromatic carbocycles. The lowest BCUT2D eigenvalue weighted by atomic mass is 9.97. The number of carbonyl (C=O) groups excluding carboxylic acids is 1. The Morgan fingerprint density at radius 2 is 1.90 bits per heavy atom. The zero-order chi connectivity index (χ0) is 21.0. The maximum atomic E-state index is 12.3. The predicted octanol–water partition coefficient (Wildman–Crippen LogP) is 0.479. The van der Waals surface area contributed by atoms with E-state index in [1.807, 2.05) is 32.0 Å². The van der Waals surface area contributed by atoms with Crippen LogP contribution in [0.15, 0.2) is 18.2 Å². The Morgan fingerprint density at radius 3 is 2.45 bits per heavy atom. The van der Waals surface area contributed by atoms with E-state index in [4.69, 9.17) is 0 Å². The van der Waals surface area contributed by atoms with Gasteiger partial charge in [-0.15, -0.1) is 10.2 Å². The van der Waals surface area contributed by atoms with E-state index in [0.717, 1.165) is 11.4 Å². The summed E-state index contributed by atoms with van der Waals surface area (Å²) in [5.41, 5.74) is 1.91. The molecule has 3 rings (SSSR count). The number of hydrogen-bond donors (Lipinski definition) is 2. The Morgan fingerprint density at radius 1 is 1.17 bits per heavy atom. The lowest BCUT2D eigenvalue weighted by Gasteiger charge is -2.29. The van der Waals surface area contributed by atoms with Crippen LogP contribution in [0, 0.1) is 19.8 Å². The number of aromatic nitrogens is 4. The van der Waals surface area contributed by atoms with Crippen molar-refractivity contribution >= 4 is 21.7 Å². The molecule has 1 aliphatic rings. The second-order valence-corrected chi connectivity index (χ2v) is 9.25. The molecule has 10 nitrogen and oxygen atoms in total. The third kappa shape index (κ3) is 5.51. The molecule has 1 fully saturated rings. The third-order valence-corrected chi connectivity index (χ3v) is 6.20. The second kappa shape index (κ2) is 8.87. The fourth-order valence-electron chi connectivity index (χ4n) is 3.36. The summed E-state index contributed by atoms with van der Waals surface area (Å²) in [7, 11) is -3.18. The maximum absolute atomic E-state index is 12.3. The van der Waals surface area contributed by atoms with E-state index >= 15 is 0 Å². The molecule has 2 N–H and O–H groups in total. The molecule has 0 bridgehead atoms. The molecular weight excluding hydrogens is 394 g/mol. The summed E-state index contributed by atoms with van der Waals surface area (Å²) in [6, 6.07) is 5.63. The molecule has 2 aromatic heterocycles. The van der Waals surface area contributed by atoms with Gasteiger partial charge < -0.3 is 10.6 Å². The highest BCUT2D eigenvalue weighted by molar-refractivity contribution is 7.88. The number of hydrogen-bond acceptors (Lipinski definition) is 7. The molecule has 11 heteroatoms. The van der Waals surface area contributed by atoms with Gasteiger partial charge in [0.15, 0.2) is 5.82 Å². The highest BCUT2D eigenvalue weighted by atomic mass is 32.2. The predicted molar refractivity (Wildman–Crippen MR) is 109 cm³/mol. The largest absolute Gasteiger partial charge is 0.367 e. The number of nitrogens with zero attached hydrogens (tertiary/aromatic N) is 5. The molecule has 0 radical (unpaired) electrons. The summed E-state index contributed by atoms with van der Waals surface area (Å²) in [4.78, 5) is 12.3. The van der Waals surface area contributed by atoms with Crippen molar-refractivity contribution in [3.8, 4) is 5.82 Å². The van der Waals surface area contributed by atoms with Crippen molar-refractivity contribution in [2.24, 2.45) is 5.92 Å². The zero-order valence-electron chi connectivity index (χ0n) is 16.9. The van der Waals surface area contributed by atoms with Crippen molar-refractivity contribution in [3.05, 3.63) is 29.6 Å².